The third-order valence-electron chi connectivity index (χ3n) is 4.57. The highest BCUT2D eigenvalue weighted by molar-refractivity contribution is 9.10. The number of hydrogen-bond donors (Lipinski definition) is 3. The van der Waals surface area contributed by atoms with Gasteiger partial charge in [-0.1, -0.05) is 27.5 Å². The average Bonchev–Trinajstić information content (AvgIpc) is 3.16. The molecule has 3 N–H and O–H groups in total. The Morgan fingerprint density at radius 2 is 1.58 bits per heavy atom. The van der Waals surface area contributed by atoms with Crippen LogP contribution in [0.15, 0.2) is 53.0 Å². The van der Waals surface area contributed by atoms with E-state index in [0.29, 0.717) is 16.1 Å². The summed E-state index contributed by atoms with van der Waals surface area (Å²) in [6.45, 7) is -0.750. The summed E-state index contributed by atoms with van der Waals surface area (Å²) in [6.07, 6.45) is -0.179. The number of ether oxygens (including phenoxy) is 1. The van der Waals surface area contributed by atoms with Gasteiger partial charge in [0.05, 0.1) is 12.5 Å². The second-order valence-corrected chi connectivity index (χ2v) is 8.32. The van der Waals surface area contributed by atoms with Gasteiger partial charge in [-0.25, -0.2) is 0 Å². The minimum absolute atomic E-state index is 0.0983. The fourth-order valence-corrected chi connectivity index (χ4v) is 3.24. The molecular formula is C21H18BrClN4O6. The van der Waals surface area contributed by atoms with Crippen LogP contribution in [0.1, 0.15) is 27.1 Å². The van der Waals surface area contributed by atoms with Crippen LogP contribution in [0.2, 0.25) is 5.02 Å². The Balaban J connectivity index is 1.42. The number of benzene rings is 2. The van der Waals surface area contributed by atoms with Crippen LogP contribution in [0.25, 0.3) is 0 Å². The van der Waals surface area contributed by atoms with Crippen molar-refractivity contribution in [2.24, 2.45) is 5.92 Å². The van der Waals surface area contributed by atoms with Crippen molar-refractivity contribution in [3.63, 3.8) is 0 Å². The molecule has 0 saturated carbocycles. The molecule has 10 nitrogen and oxygen atoms in total. The van der Waals surface area contributed by atoms with E-state index in [1.54, 1.807) is 24.3 Å². The molecule has 0 radical (unpaired) electrons. The third-order valence-corrected chi connectivity index (χ3v) is 5.35. The van der Waals surface area contributed by atoms with E-state index in [2.05, 4.69) is 32.2 Å². The summed E-state index contributed by atoms with van der Waals surface area (Å²) in [7, 11) is 0. The molecule has 0 unspecified atom stereocenters. The molecule has 0 spiro atoms. The maximum absolute atomic E-state index is 12.2. The summed E-state index contributed by atoms with van der Waals surface area (Å²) in [5, 5.41) is 1.49. The number of rotatable bonds is 6. The van der Waals surface area contributed by atoms with E-state index in [0.717, 1.165) is 9.48 Å². The Kier molecular flexibility index (Phi) is 8.01. The number of halogens is 2. The van der Waals surface area contributed by atoms with Gasteiger partial charge in [0, 0.05) is 27.0 Å². The number of nitrogens with one attached hydrogen (secondary N) is 3. The number of amides is 4. The topological polar surface area (TPSA) is 134 Å². The summed E-state index contributed by atoms with van der Waals surface area (Å²) >= 11 is 9.04. The molecule has 0 aliphatic carbocycles. The molecule has 4 amide bonds. The van der Waals surface area contributed by atoms with Gasteiger partial charge in [0.25, 0.3) is 17.7 Å². The lowest BCUT2D eigenvalue weighted by Gasteiger charge is -2.17. The second kappa shape index (κ2) is 10.9. The zero-order chi connectivity index (χ0) is 24.0. The molecule has 33 heavy (non-hydrogen) atoms. The normalized spacial score (nSPS) is 15.0. The number of esters is 1. The van der Waals surface area contributed by atoms with Gasteiger partial charge >= 0.3 is 5.97 Å². The van der Waals surface area contributed by atoms with Crippen molar-refractivity contribution in [2.75, 3.05) is 13.2 Å². The zero-order valence-electron chi connectivity index (χ0n) is 17.0. The zero-order valence-corrected chi connectivity index (χ0v) is 19.3. The lowest BCUT2D eigenvalue weighted by Crippen LogP contribution is -2.44. The van der Waals surface area contributed by atoms with E-state index in [1.807, 2.05) is 0 Å². The standard InChI is InChI=1S/C21H18BrClN4O6/c22-15-5-1-12(2-6-15)19(30)25-24-17(28)11-33-21(32)14-9-18(29)27(10-14)26-20(31)13-3-7-16(23)8-4-13/h1-8,14H,9-11H2,(H,24,28)(H,25,30)(H,26,31)/t14-/m0/s1. The fourth-order valence-electron chi connectivity index (χ4n) is 2.85. The van der Waals surface area contributed by atoms with Gasteiger partial charge in [0.2, 0.25) is 5.91 Å². The van der Waals surface area contributed by atoms with Gasteiger partial charge in [-0.15, -0.1) is 0 Å². The van der Waals surface area contributed by atoms with Crippen molar-refractivity contribution >= 4 is 57.1 Å². The number of hydrogen-bond acceptors (Lipinski definition) is 6. The molecule has 2 aromatic carbocycles. The van der Waals surface area contributed by atoms with Crippen molar-refractivity contribution in [3.8, 4) is 0 Å². The van der Waals surface area contributed by atoms with Crippen LogP contribution >= 0.6 is 27.5 Å². The van der Waals surface area contributed by atoms with Crippen LogP contribution in [0.4, 0.5) is 0 Å². The lowest BCUT2D eigenvalue weighted by atomic mass is 10.1. The lowest BCUT2D eigenvalue weighted by molar-refractivity contribution is -0.152. The Morgan fingerprint density at radius 1 is 0.970 bits per heavy atom. The van der Waals surface area contributed by atoms with Gasteiger partial charge < -0.3 is 4.74 Å². The monoisotopic (exact) mass is 536 g/mol. The molecule has 1 atom stereocenters. The second-order valence-electron chi connectivity index (χ2n) is 6.97. The van der Waals surface area contributed by atoms with Gasteiger partial charge in [0.15, 0.2) is 6.61 Å². The quantitative estimate of drug-likeness (QED) is 0.379. The molecule has 1 saturated heterocycles. The van der Waals surface area contributed by atoms with Crippen LogP contribution in [0.5, 0.6) is 0 Å². The van der Waals surface area contributed by atoms with Crippen molar-refractivity contribution < 1.29 is 28.7 Å². The fraction of sp³-hybridized carbons (Fsp3) is 0.190. The first-order valence-corrected chi connectivity index (χ1v) is 10.8. The first-order valence-electron chi connectivity index (χ1n) is 9.61. The first kappa shape index (κ1) is 24.2. The van der Waals surface area contributed by atoms with Crippen LogP contribution in [0, 0.1) is 5.92 Å². The van der Waals surface area contributed by atoms with Crippen LogP contribution in [-0.4, -0.2) is 47.8 Å². The van der Waals surface area contributed by atoms with Gasteiger partial charge in [0.1, 0.15) is 0 Å². The molecule has 0 aromatic heterocycles. The minimum Gasteiger partial charge on any atom is -0.455 e. The maximum atomic E-state index is 12.2. The molecule has 172 valence electrons. The highest BCUT2D eigenvalue weighted by Gasteiger charge is 2.36. The summed E-state index contributed by atoms with van der Waals surface area (Å²) in [4.78, 5) is 60.4. The Bertz CT molecular complexity index is 1080. The average molecular weight is 538 g/mol. The Hall–Kier alpha value is -3.44. The van der Waals surface area contributed by atoms with Gasteiger partial charge in [-0.2, -0.15) is 0 Å². The van der Waals surface area contributed by atoms with E-state index < -0.39 is 42.1 Å². The first-order chi connectivity index (χ1) is 15.7. The van der Waals surface area contributed by atoms with E-state index in [1.165, 1.54) is 24.3 Å². The maximum Gasteiger partial charge on any atom is 0.311 e. The van der Waals surface area contributed by atoms with E-state index in [9.17, 15) is 24.0 Å². The Labute approximate surface area is 201 Å². The number of hydrazine groups is 2. The predicted molar refractivity (Wildman–Crippen MR) is 119 cm³/mol. The molecule has 1 aliphatic rings. The van der Waals surface area contributed by atoms with E-state index in [-0.39, 0.29) is 13.0 Å². The SMILES string of the molecule is O=C(COC(=O)[C@H]1CC(=O)N(NC(=O)c2ccc(Cl)cc2)C1)NNC(=O)c1ccc(Br)cc1. The summed E-state index contributed by atoms with van der Waals surface area (Å²) in [5.74, 6) is -3.93. The molecule has 3 rings (SSSR count). The summed E-state index contributed by atoms with van der Waals surface area (Å²) in [6, 6.07) is 12.5. The smallest absolute Gasteiger partial charge is 0.311 e. The van der Waals surface area contributed by atoms with Crippen LogP contribution in [-0.2, 0) is 19.1 Å². The Morgan fingerprint density at radius 3 is 2.24 bits per heavy atom. The number of nitrogens with zero attached hydrogens (tertiary/aromatic N) is 1. The van der Waals surface area contributed by atoms with Crippen LogP contribution in [0.3, 0.4) is 0 Å². The summed E-state index contributed by atoms with van der Waals surface area (Å²) < 4.78 is 5.72. The van der Waals surface area contributed by atoms with Crippen molar-refractivity contribution in [3.05, 3.63) is 69.2 Å². The molecular weight excluding hydrogens is 520 g/mol. The molecule has 2 aromatic rings. The van der Waals surface area contributed by atoms with Crippen molar-refractivity contribution in [2.45, 2.75) is 6.42 Å². The molecule has 1 heterocycles. The van der Waals surface area contributed by atoms with Gasteiger partial charge in [-0.05, 0) is 48.5 Å². The number of carbonyl (C=O) groups is 5. The molecule has 1 fully saturated rings. The largest absolute Gasteiger partial charge is 0.455 e. The molecule has 1 aliphatic heterocycles. The third kappa shape index (κ3) is 6.77. The van der Waals surface area contributed by atoms with E-state index in [4.69, 9.17) is 16.3 Å². The van der Waals surface area contributed by atoms with Crippen molar-refractivity contribution in [1.82, 2.24) is 21.3 Å². The summed E-state index contributed by atoms with van der Waals surface area (Å²) in [5.41, 5.74) is 7.38. The highest BCUT2D eigenvalue weighted by Crippen LogP contribution is 2.18. The molecule has 12 heteroatoms. The highest BCUT2D eigenvalue weighted by atomic mass is 79.9. The molecule has 0 bridgehead atoms. The van der Waals surface area contributed by atoms with Crippen LogP contribution < -0.4 is 16.3 Å². The minimum atomic E-state index is -0.854. The van der Waals surface area contributed by atoms with Crippen molar-refractivity contribution in [1.29, 1.82) is 0 Å². The predicted octanol–water partition coefficient (Wildman–Crippen LogP) is 1.60. The van der Waals surface area contributed by atoms with Gasteiger partial charge in [-0.3, -0.25) is 45.3 Å². The van der Waals surface area contributed by atoms with E-state index >= 15 is 0 Å². The number of carbonyl (C=O) groups excluding carboxylic acids is 5.